The number of morpholine rings is 1. The minimum atomic E-state index is -0.967. The van der Waals surface area contributed by atoms with Crippen molar-refractivity contribution in [1.82, 2.24) is 9.80 Å². The Morgan fingerprint density at radius 1 is 1.00 bits per heavy atom. The van der Waals surface area contributed by atoms with E-state index in [1.54, 1.807) is 48.5 Å². The number of ketones is 1. The maximum absolute atomic E-state index is 14.7. The fourth-order valence-corrected chi connectivity index (χ4v) is 4.17. The molecule has 31 heavy (non-hydrogen) atoms. The van der Waals surface area contributed by atoms with Gasteiger partial charge in [0.2, 0.25) is 0 Å². The van der Waals surface area contributed by atoms with E-state index in [4.69, 9.17) is 4.74 Å². The largest absolute Gasteiger partial charge is 0.507 e. The van der Waals surface area contributed by atoms with Gasteiger partial charge in [0.15, 0.2) is 0 Å². The van der Waals surface area contributed by atoms with Gasteiger partial charge in [-0.15, -0.1) is 0 Å². The van der Waals surface area contributed by atoms with E-state index >= 15 is 0 Å². The molecule has 1 amide bonds. The van der Waals surface area contributed by atoms with Crippen LogP contribution in [0.4, 0.5) is 4.39 Å². The van der Waals surface area contributed by atoms with Crippen LogP contribution in [-0.2, 0) is 14.3 Å². The normalized spacial score (nSPS) is 21.6. The van der Waals surface area contributed by atoms with Gasteiger partial charge in [0, 0.05) is 37.3 Å². The molecule has 7 heteroatoms. The molecular formula is C24H25FN2O4. The van der Waals surface area contributed by atoms with Crippen molar-refractivity contribution < 1.29 is 23.8 Å². The molecule has 2 aromatic carbocycles. The van der Waals surface area contributed by atoms with Gasteiger partial charge in [0.1, 0.15) is 11.6 Å². The summed E-state index contributed by atoms with van der Waals surface area (Å²) in [5.41, 5.74) is 0.536. The molecule has 0 spiro atoms. The van der Waals surface area contributed by atoms with Gasteiger partial charge < -0.3 is 14.7 Å². The molecule has 2 aliphatic heterocycles. The van der Waals surface area contributed by atoms with Crippen LogP contribution in [0.3, 0.4) is 0 Å². The topological polar surface area (TPSA) is 70.1 Å². The molecular weight excluding hydrogens is 399 g/mol. The monoisotopic (exact) mass is 424 g/mol. The Morgan fingerprint density at radius 3 is 2.39 bits per heavy atom. The molecule has 0 aliphatic carbocycles. The zero-order valence-corrected chi connectivity index (χ0v) is 17.2. The van der Waals surface area contributed by atoms with Crippen molar-refractivity contribution in [3.05, 3.63) is 77.1 Å². The van der Waals surface area contributed by atoms with Crippen molar-refractivity contribution in [1.29, 1.82) is 0 Å². The lowest BCUT2D eigenvalue weighted by Crippen LogP contribution is -2.39. The smallest absolute Gasteiger partial charge is 0.295 e. The van der Waals surface area contributed by atoms with Crippen molar-refractivity contribution in [2.24, 2.45) is 0 Å². The molecule has 162 valence electrons. The third-order valence-electron chi connectivity index (χ3n) is 5.76. The molecule has 4 rings (SSSR count). The summed E-state index contributed by atoms with van der Waals surface area (Å²) in [6.07, 6.45) is 0.628. The molecule has 0 bridgehead atoms. The van der Waals surface area contributed by atoms with Gasteiger partial charge in [-0.05, 0) is 12.5 Å². The first-order valence-corrected chi connectivity index (χ1v) is 10.5. The number of benzene rings is 2. The molecule has 0 aromatic heterocycles. The number of halogens is 1. The summed E-state index contributed by atoms with van der Waals surface area (Å²) in [7, 11) is 0. The van der Waals surface area contributed by atoms with Crippen LogP contribution in [0.25, 0.3) is 5.76 Å². The number of hydrogen-bond acceptors (Lipinski definition) is 5. The maximum atomic E-state index is 14.7. The van der Waals surface area contributed by atoms with Crippen LogP contribution in [0.5, 0.6) is 0 Å². The van der Waals surface area contributed by atoms with Crippen LogP contribution in [-0.4, -0.2) is 66.0 Å². The number of likely N-dealkylation sites (tertiary alicyclic amines) is 1. The summed E-state index contributed by atoms with van der Waals surface area (Å²) < 4.78 is 20.1. The van der Waals surface area contributed by atoms with Crippen LogP contribution in [0.2, 0.25) is 0 Å². The maximum Gasteiger partial charge on any atom is 0.295 e. The van der Waals surface area contributed by atoms with Crippen LogP contribution in [0, 0.1) is 5.82 Å². The number of nitrogens with zero attached hydrogens (tertiary/aromatic N) is 2. The predicted molar refractivity (Wildman–Crippen MR) is 114 cm³/mol. The second-order valence-electron chi connectivity index (χ2n) is 7.69. The summed E-state index contributed by atoms with van der Waals surface area (Å²) in [6, 6.07) is 13.7. The van der Waals surface area contributed by atoms with Crippen molar-refractivity contribution in [2.45, 2.75) is 12.5 Å². The summed E-state index contributed by atoms with van der Waals surface area (Å²) in [5, 5.41) is 10.9. The highest BCUT2D eigenvalue weighted by Gasteiger charge is 2.46. The summed E-state index contributed by atoms with van der Waals surface area (Å²) in [5.74, 6) is -2.32. The number of ether oxygens (including phenoxy) is 1. The van der Waals surface area contributed by atoms with E-state index in [0.717, 1.165) is 19.6 Å². The average molecular weight is 424 g/mol. The van der Waals surface area contributed by atoms with E-state index < -0.39 is 23.5 Å². The highest BCUT2D eigenvalue weighted by atomic mass is 19.1. The van der Waals surface area contributed by atoms with E-state index in [2.05, 4.69) is 4.90 Å². The molecule has 0 unspecified atom stereocenters. The predicted octanol–water partition coefficient (Wildman–Crippen LogP) is 2.97. The Balaban J connectivity index is 1.67. The number of carbonyl (C=O) groups is 2. The molecule has 2 fully saturated rings. The number of rotatable bonds is 6. The van der Waals surface area contributed by atoms with Gasteiger partial charge >= 0.3 is 0 Å². The number of carbonyl (C=O) groups excluding carboxylic acids is 2. The third kappa shape index (κ3) is 4.38. The number of aliphatic hydroxyl groups excluding tert-OH is 1. The summed E-state index contributed by atoms with van der Waals surface area (Å²) in [4.78, 5) is 29.5. The van der Waals surface area contributed by atoms with Crippen molar-refractivity contribution >= 4 is 17.4 Å². The number of Topliss-reactive ketones (excluding diaryl/α,β-unsaturated/α-hetero) is 1. The van der Waals surface area contributed by atoms with Crippen LogP contribution in [0.1, 0.15) is 23.6 Å². The quantitative estimate of drug-likeness (QED) is 0.439. The van der Waals surface area contributed by atoms with E-state index in [0.29, 0.717) is 25.2 Å². The van der Waals surface area contributed by atoms with Crippen LogP contribution < -0.4 is 0 Å². The first-order chi connectivity index (χ1) is 15.1. The van der Waals surface area contributed by atoms with Crippen LogP contribution in [0.15, 0.2) is 60.2 Å². The third-order valence-corrected chi connectivity index (χ3v) is 5.76. The summed E-state index contributed by atoms with van der Waals surface area (Å²) in [6.45, 7) is 4.03. The first kappa shape index (κ1) is 21.2. The minimum absolute atomic E-state index is 0.0762. The van der Waals surface area contributed by atoms with Crippen molar-refractivity contribution in [2.75, 3.05) is 39.4 Å². The molecule has 2 saturated heterocycles. The molecule has 2 aliphatic rings. The molecule has 6 nitrogen and oxygen atoms in total. The molecule has 0 saturated carbocycles. The number of hydrogen-bond donors (Lipinski definition) is 1. The lowest BCUT2D eigenvalue weighted by atomic mass is 9.95. The Kier molecular flexibility index (Phi) is 6.44. The van der Waals surface area contributed by atoms with E-state index in [1.807, 2.05) is 0 Å². The van der Waals surface area contributed by atoms with Gasteiger partial charge in [0.05, 0.1) is 24.8 Å². The van der Waals surface area contributed by atoms with Crippen LogP contribution >= 0.6 is 0 Å². The SMILES string of the molecule is O=C1C(=O)N(CCCN2CCOCC2)[C@H](c2ccccc2F)/C1=C(\O)c1ccccc1. The second kappa shape index (κ2) is 9.41. The molecule has 2 heterocycles. The Labute approximate surface area is 180 Å². The molecule has 1 N–H and O–H groups in total. The fourth-order valence-electron chi connectivity index (χ4n) is 4.17. The summed E-state index contributed by atoms with van der Waals surface area (Å²) >= 11 is 0. The van der Waals surface area contributed by atoms with Crippen molar-refractivity contribution in [3.63, 3.8) is 0 Å². The minimum Gasteiger partial charge on any atom is -0.507 e. The standard InChI is InChI=1S/C24H25FN2O4/c25-19-10-5-4-9-18(19)21-20(22(28)17-7-2-1-3-8-17)23(29)24(30)27(21)12-6-11-26-13-15-31-16-14-26/h1-5,7-10,21,28H,6,11-16H2/b22-20+/t21-/m1/s1. The lowest BCUT2D eigenvalue weighted by molar-refractivity contribution is -0.140. The lowest BCUT2D eigenvalue weighted by Gasteiger charge is -2.29. The van der Waals surface area contributed by atoms with Crippen molar-refractivity contribution in [3.8, 4) is 0 Å². The zero-order chi connectivity index (χ0) is 21.8. The van der Waals surface area contributed by atoms with Gasteiger partial charge in [-0.1, -0.05) is 48.5 Å². The molecule has 1 atom stereocenters. The number of amides is 1. The van der Waals surface area contributed by atoms with E-state index in [9.17, 15) is 19.1 Å². The Morgan fingerprint density at radius 2 is 1.68 bits per heavy atom. The highest BCUT2D eigenvalue weighted by molar-refractivity contribution is 6.46. The Hall–Kier alpha value is -3.03. The molecule has 0 radical (unpaired) electrons. The van der Waals surface area contributed by atoms with Gasteiger partial charge in [-0.2, -0.15) is 0 Å². The zero-order valence-electron chi connectivity index (χ0n) is 17.2. The highest BCUT2D eigenvalue weighted by Crippen LogP contribution is 2.40. The van der Waals surface area contributed by atoms with Gasteiger partial charge in [-0.25, -0.2) is 4.39 Å². The fraction of sp³-hybridized carbons (Fsp3) is 0.333. The number of aliphatic hydroxyl groups is 1. The second-order valence-corrected chi connectivity index (χ2v) is 7.69. The average Bonchev–Trinajstić information content (AvgIpc) is 3.05. The van der Waals surface area contributed by atoms with E-state index in [-0.39, 0.29) is 23.4 Å². The molecule has 2 aromatic rings. The van der Waals surface area contributed by atoms with Gasteiger partial charge in [0.25, 0.3) is 11.7 Å². The Bertz CT molecular complexity index is 986. The van der Waals surface area contributed by atoms with Gasteiger partial charge in [-0.3, -0.25) is 14.5 Å². The first-order valence-electron chi connectivity index (χ1n) is 10.5. The van der Waals surface area contributed by atoms with E-state index in [1.165, 1.54) is 11.0 Å².